The van der Waals surface area contributed by atoms with Crippen molar-refractivity contribution in [1.29, 1.82) is 0 Å². The Bertz CT molecular complexity index is 1070. The maximum absolute atomic E-state index is 14.1. The van der Waals surface area contributed by atoms with Gasteiger partial charge < -0.3 is 22.0 Å². The third kappa shape index (κ3) is 5.23. The Kier molecular flexibility index (Phi) is 6.81. The summed E-state index contributed by atoms with van der Waals surface area (Å²) >= 11 is 0. The zero-order valence-electron chi connectivity index (χ0n) is 15.9. The predicted octanol–water partition coefficient (Wildman–Crippen LogP) is 4.47. The molecule has 1 aliphatic heterocycles. The molecule has 0 saturated heterocycles. The normalized spacial score (nSPS) is 15.7. The molecule has 0 fully saturated rings. The molecule has 1 atom stereocenters. The number of hydrogen-bond acceptors (Lipinski definition) is 2. The van der Waals surface area contributed by atoms with E-state index >= 15 is 0 Å². The lowest BCUT2D eigenvalue weighted by Crippen LogP contribution is -2.48. The van der Waals surface area contributed by atoms with E-state index in [4.69, 9.17) is 4.74 Å². The molecule has 172 valence electrons. The Hall–Kier alpha value is -3.03. The minimum atomic E-state index is -6.00. The molecule has 0 unspecified atom stereocenters. The van der Waals surface area contributed by atoms with Crippen LogP contribution in [0, 0.1) is 29.1 Å². The molecule has 4 rings (SSSR count). The van der Waals surface area contributed by atoms with Crippen molar-refractivity contribution in [2.45, 2.75) is 19.1 Å². The van der Waals surface area contributed by atoms with E-state index in [1.807, 2.05) is 30.3 Å². The number of rotatable bonds is 3. The quantitative estimate of drug-likeness (QED) is 0.187. The largest absolute Gasteiger partial charge is 0.673 e. The fraction of sp³-hybridized carbons (Fsp3) is 0.222. The molecule has 0 saturated carbocycles. The highest BCUT2D eigenvalue weighted by Crippen LogP contribution is 2.26. The SMILES string of the molecule is F[B-](F)(F)F.Fc1c(F)c(F)c(-n2c[n+]3c(n2)COC[C@@H]3Cc2ccccc2)c(F)c1F. The fourth-order valence-corrected chi connectivity index (χ4v) is 3.11. The maximum atomic E-state index is 14.1. The summed E-state index contributed by atoms with van der Waals surface area (Å²) in [7, 11) is -6.00. The first-order chi connectivity index (χ1) is 15.0. The van der Waals surface area contributed by atoms with Gasteiger partial charge in [0, 0.05) is 11.5 Å². The lowest BCUT2D eigenvalue weighted by molar-refractivity contribution is -0.742. The van der Waals surface area contributed by atoms with Gasteiger partial charge in [-0.05, 0) is 5.56 Å². The lowest BCUT2D eigenvalue weighted by Gasteiger charge is -2.19. The van der Waals surface area contributed by atoms with Gasteiger partial charge in [-0.1, -0.05) is 35.0 Å². The summed E-state index contributed by atoms with van der Waals surface area (Å²) in [5.41, 5.74) is -0.109. The van der Waals surface area contributed by atoms with Gasteiger partial charge in [-0.25, -0.2) is 17.7 Å². The van der Waals surface area contributed by atoms with Crippen LogP contribution in [0.4, 0.5) is 39.2 Å². The third-order valence-electron chi connectivity index (χ3n) is 4.42. The number of hydrogen-bond donors (Lipinski definition) is 0. The molecule has 0 spiro atoms. The Labute approximate surface area is 175 Å². The lowest BCUT2D eigenvalue weighted by atomic mass is 10.1. The molecule has 14 heteroatoms. The van der Waals surface area contributed by atoms with Gasteiger partial charge in [-0.15, -0.1) is 0 Å². The van der Waals surface area contributed by atoms with Crippen LogP contribution >= 0.6 is 0 Å². The molecule has 1 aliphatic rings. The highest BCUT2D eigenvalue weighted by molar-refractivity contribution is 6.50. The minimum Gasteiger partial charge on any atom is -0.418 e. The third-order valence-corrected chi connectivity index (χ3v) is 4.42. The van der Waals surface area contributed by atoms with Crippen molar-refractivity contribution in [3.8, 4) is 5.69 Å². The van der Waals surface area contributed by atoms with Crippen molar-refractivity contribution in [2.75, 3.05) is 6.61 Å². The molecule has 0 radical (unpaired) electrons. The second-order valence-corrected chi connectivity index (χ2v) is 6.66. The van der Waals surface area contributed by atoms with Crippen molar-refractivity contribution in [3.05, 3.63) is 77.1 Å². The number of fused-ring (bicyclic) bond motifs is 1. The van der Waals surface area contributed by atoms with Crippen LogP contribution in [0.15, 0.2) is 36.7 Å². The summed E-state index contributed by atoms with van der Waals surface area (Å²) < 4.78 is 115. The van der Waals surface area contributed by atoms with E-state index in [-0.39, 0.29) is 12.6 Å². The molecule has 0 bridgehead atoms. The van der Waals surface area contributed by atoms with Gasteiger partial charge in [0.1, 0.15) is 12.6 Å². The average molecular weight is 469 g/mol. The van der Waals surface area contributed by atoms with E-state index < -0.39 is 42.0 Å². The fourth-order valence-electron chi connectivity index (χ4n) is 3.11. The van der Waals surface area contributed by atoms with E-state index in [1.165, 1.54) is 6.33 Å². The van der Waals surface area contributed by atoms with Crippen LogP contribution in [-0.4, -0.2) is 23.6 Å². The highest BCUT2D eigenvalue weighted by atomic mass is 19.5. The van der Waals surface area contributed by atoms with E-state index in [0.717, 1.165) is 5.56 Å². The van der Waals surface area contributed by atoms with Crippen LogP contribution in [0.25, 0.3) is 5.69 Å². The molecule has 0 aliphatic carbocycles. The first kappa shape index (κ1) is 23.6. The second-order valence-electron chi connectivity index (χ2n) is 6.66. The first-order valence-electron chi connectivity index (χ1n) is 8.97. The summed E-state index contributed by atoms with van der Waals surface area (Å²) in [6.45, 7) is 0.392. The summed E-state index contributed by atoms with van der Waals surface area (Å²) in [5.74, 6) is -9.78. The van der Waals surface area contributed by atoms with Gasteiger partial charge in [-0.3, -0.25) is 0 Å². The molecule has 32 heavy (non-hydrogen) atoms. The molecule has 4 nitrogen and oxygen atoms in total. The Balaban J connectivity index is 0.000000523. The second kappa shape index (κ2) is 9.22. The molecule has 0 amide bonds. The first-order valence-corrected chi connectivity index (χ1v) is 8.97. The van der Waals surface area contributed by atoms with Crippen LogP contribution in [0.3, 0.4) is 0 Å². The number of aromatic nitrogens is 3. The standard InChI is InChI=1S/C18H13F5N3O.BF4/c19-13-14(20)16(22)18(17(23)15(13)21)26-9-25-11(7-27-8-12(25)24-26)6-10-4-2-1-3-5-10;2-1(3,4)5/h1-5,9,11H,6-8H2;/q+1;-1/t11-;/m0./s1. The zero-order chi connectivity index (χ0) is 23.6. The Morgan fingerprint density at radius 1 is 0.906 bits per heavy atom. The van der Waals surface area contributed by atoms with E-state index in [0.29, 0.717) is 23.5 Å². The summed E-state index contributed by atoms with van der Waals surface area (Å²) in [5, 5.41) is 3.97. The summed E-state index contributed by atoms with van der Waals surface area (Å²) in [6.07, 6.45) is 1.78. The van der Waals surface area contributed by atoms with Gasteiger partial charge in [0.25, 0.3) is 0 Å². The monoisotopic (exact) mass is 469 g/mol. The van der Waals surface area contributed by atoms with Gasteiger partial charge in [0.2, 0.25) is 41.1 Å². The number of ether oxygens (including phenoxy) is 1. The smallest absolute Gasteiger partial charge is 0.418 e. The maximum Gasteiger partial charge on any atom is 0.673 e. The van der Waals surface area contributed by atoms with Crippen LogP contribution in [-0.2, 0) is 17.8 Å². The zero-order valence-corrected chi connectivity index (χ0v) is 15.9. The van der Waals surface area contributed by atoms with E-state index in [2.05, 4.69) is 5.10 Å². The van der Waals surface area contributed by atoms with Gasteiger partial charge in [0.05, 0.1) is 6.61 Å². The molecule has 0 N–H and O–H groups in total. The number of halogens is 9. The predicted molar refractivity (Wildman–Crippen MR) is 92.6 cm³/mol. The number of nitrogens with zero attached hydrogens (tertiary/aromatic N) is 3. The Morgan fingerprint density at radius 2 is 1.44 bits per heavy atom. The van der Waals surface area contributed by atoms with E-state index in [9.17, 15) is 39.2 Å². The summed E-state index contributed by atoms with van der Waals surface area (Å²) in [4.78, 5) is 0. The van der Waals surface area contributed by atoms with Crippen molar-refractivity contribution < 1.29 is 48.5 Å². The highest BCUT2D eigenvalue weighted by Gasteiger charge is 2.35. The topological polar surface area (TPSA) is 30.9 Å². The molecular weight excluding hydrogens is 456 g/mol. The van der Waals surface area contributed by atoms with Crippen molar-refractivity contribution in [2.24, 2.45) is 0 Å². The van der Waals surface area contributed by atoms with Gasteiger partial charge >= 0.3 is 13.1 Å². The van der Waals surface area contributed by atoms with Crippen LogP contribution < -0.4 is 4.57 Å². The van der Waals surface area contributed by atoms with E-state index in [1.54, 1.807) is 4.57 Å². The van der Waals surface area contributed by atoms with Crippen molar-refractivity contribution >= 4 is 7.25 Å². The molecule has 2 heterocycles. The van der Waals surface area contributed by atoms with Crippen LogP contribution in [0.1, 0.15) is 17.4 Å². The van der Waals surface area contributed by atoms with Crippen molar-refractivity contribution in [1.82, 2.24) is 9.78 Å². The van der Waals surface area contributed by atoms with Crippen LogP contribution in [0.2, 0.25) is 0 Å². The number of benzene rings is 2. The average Bonchev–Trinajstić information content (AvgIpc) is 3.15. The minimum absolute atomic E-state index is 0.0632. The molecular formula is C18H13BF9N3O. The molecule has 1 aromatic heterocycles. The Morgan fingerprint density at radius 3 is 2.00 bits per heavy atom. The van der Waals surface area contributed by atoms with Crippen molar-refractivity contribution in [3.63, 3.8) is 0 Å². The molecule has 3 aromatic rings. The van der Waals surface area contributed by atoms with Crippen LogP contribution in [0.5, 0.6) is 0 Å². The molecule has 2 aromatic carbocycles. The van der Waals surface area contributed by atoms with Gasteiger partial charge in [-0.2, -0.15) is 8.78 Å². The summed E-state index contributed by atoms with van der Waals surface area (Å²) in [6, 6.07) is 9.24. The van der Waals surface area contributed by atoms with Gasteiger partial charge in [0.15, 0.2) is 0 Å².